The van der Waals surface area contributed by atoms with Crippen molar-refractivity contribution in [2.75, 3.05) is 5.32 Å². The number of hydrogen-bond acceptors (Lipinski definition) is 3. The van der Waals surface area contributed by atoms with Crippen molar-refractivity contribution in [2.45, 2.75) is 27.3 Å². The summed E-state index contributed by atoms with van der Waals surface area (Å²) < 4.78 is 15.3. The van der Waals surface area contributed by atoms with E-state index in [1.54, 1.807) is 24.3 Å². The molecule has 0 unspecified atom stereocenters. The zero-order chi connectivity index (χ0) is 25.4. The van der Waals surface area contributed by atoms with Crippen LogP contribution in [-0.2, 0) is 11.3 Å². The van der Waals surface area contributed by atoms with Gasteiger partial charge in [-0.25, -0.2) is 9.37 Å². The number of amides is 1. The molecule has 5 nitrogen and oxygen atoms in total. The molecule has 0 saturated heterocycles. The van der Waals surface area contributed by atoms with E-state index in [-0.39, 0.29) is 27.6 Å². The van der Waals surface area contributed by atoms with Crippen molar-refractivity contribution in [3.8, 4) is 22.4 Å². The summed E-state index contributed by atoms with van der Waals surface area (Å²) in [5.74, 6) is -0.758. The molecule has 0 radical (unpaired) electrons. The molecule has 2 aromatic carbocycles. The standard InChI is InChI=1S/C26H21Cl3FN3O2/c1-13(2)12-33-25-20(24(31-14(3)34)22(29)26(33)35)11-19(15-4-6-16(27)7-5-15)23(32-25)18-9-8-17(30)10-21(18)28/h4-11,13H,12H2,1-3H3,(H,31,34). The summed E-state index contributed by atoms with van der Waals surface area (Å²) in [4.78, 5) is 30.1. The van der Waals surface area contributed by atoms with Crippen LogP contribution in [0.3, 0.4) is 0 Å². The van der Waals surface area contributed by atoms with Gasteiger partial charge in [-0.15, -0.1) is 0 Å². The molecule has 0 atom stereocenters. The minimum atomic E-state index is -0.482. The Balaban J connectivity index is 2.18. The van der Waals surface area contributed by atoms with Gasteiger partial charge in [-0.3, -0.25) is 14.2 Å². The van der Waals surface area contributed by atoms with Gasteiger partial charge in [0, 0.05) is 35.0 Å². The van der Waals surface area contributed by atoms with Gasteiger partial charge in [-0.2, -0.15) is 0 Å². The van der Waals surface area contributed by atoms with E-state index in [1.165, 1.54) is 23.6 Å². The lowest BCUT2D eigenvalue weighted by Crippen LogP contribution is -2.26. The Morgan fingerprint density at radius 1 is 1.06 bits per heavy atom. The summed E-state index contributed by atoms with van der Waals surface area (Å²) in [5.41, 5.74) is 2.35. The van der Waals surface area contributed by atoms with E-state index in [9.17, 15) is 14.0 Å². The zero-order valence-electron chi connectivity index (χ0n) is 19.1. The molecule has 2 aromatic heterocycles. The van der Waals surface area contributed by atoms with Crippen molar-refractivity contribution in [2.24, 2.45) is 5.92 Å². The van der Waals surface area contributed by atoms with Gasteiger partial charge in [0.05, 0.1) is 16.4 Å². The lowest BCUT2D eigenvalue weighted by molar-refractivity contribution is -0.114. The SMILES string of the molecule is CC(=O)Nc1c(Cl)c(=O)n(CC(C)C)c2nc(-c3ccc(F)cc3Cl)c(-c3ccc(Cl)cc3)cc12. The normalized spacial score (nSPS) is 11.3. The Morgan fingerprint density at radius 2 is 1.74 bits per heavy atom. The second kappa shape index (κ2) is 9.97. The van der Waals surface area contributed by atoms with Gasteiger partial charge >= 0.3 is 0 Å². The van der Waals surface area contributed by atoms with Gasteiger partial charge in [-0.1, -0.05) is 60.8 Å². The van der Waals surface area contributed by atoms with Crippen molar-refractivity contribution in [3.05, 3.63) is 79.8 Å². The smallest absolute Gasteiger partial charge is 0.273 e. The van der Waals surface area contributed by atoms with Gasteiger partial charge in [0.1, 0.15) is 16.5 Å². The maximum atomic E-state index is 13.8. The molecule has 9 heteroatoms. The lowest BCUT2D eigenvalue weighted by atomic mass is 9.97. The number of anilines is 1. The topological polar surface area (TPSA) is 64.0 Å². The largest absolute Gasteiger partial charge is 0.324 e. The zero-order valence-corrected chi connectivity index (χ0v) is 21.4. The van der Waals surface area contributed by atoms with E-state index >= 15 is 0 Å². The van der Waals surface area contributed by atoms with E-state index < -0.39 is 11.4 Å². The van der Waals surface area contributed by atoms with Crippen molar-refractivity contribution in [1.29, 1.82) is 0 Å². The van der Waals surface area contributed by atoms with Gasteiger partial charge in [0.15, 0.2) is 0 Å². The summed E-state index contributed by atoms with van der Waals surface area (Å²) in [7, 11) is 0. The number of nitrogens with one attached hydrogen (secondary N) is 1. The first-order chi connectivity index (χ1) is 16.6. The van der Waals surface area contributed by atoms with Gasteiger partial charge in [-0.05, 0) is 47.9 Å². The number of nitrogens with zero attached hydrogens (tertiary/aromatic N) is 2. The first-order valence-electron chi connectivity index (χ1n) is 10.8. The van der Waals surface area contributed by atoms with Gasteiger partial charge in [0.25, 0.3) is 5.56 Å². The predicted molar refractivity (Wildman–Crippen MR) is 141 cm³/mol. The van der Waals surface area contributed by atoms with Crippen LogP contribution in [-0.4, -0.2) is 15.5 Å². The van der Waals surface area contributed by atoms with Crippen LogP contribution in [0.15, 0.2) is 53.3 Å². The summed E-state index contributed by atoms with van der Waals surface area (Å²) in [5, 5.41) is 3.78. The molecule has 4 aromatic rings. The fourth-order valence-corrected chi connectivity index (χ4v) is 4.54. The van der Waals surface area contributed by atoms with Crippen LogP contribution >= 0.6 is 34.8 Å². The molecule has 4 rings (SSSR count). The number of halogens is 4. The molecule has 1 amide bonds. The number of aromatic nitrogens is 2. The minimum absolute atomic E-state index is 0.106. The summed E-state index contributed by atoms with van der Waals surface area (Å²) in [6.07, 6.45) is 0. The molecule has 0 spiro atoms. The molecule has 0 saturated carbocycles. The Morgan fingerprint density at radius 3 is 2.34 bits per heavy atom. The lowest BCUT2D eigenvalue weighted by Gasteiger charge is -2.19. The number of pyridine rings is 2. The minimum Gasteiger partial charge on any atom is -0.324 e. The van der Waals surface area contributed by atoms with Crippen LogP contribution in [0.1, 0.15) is 20.8 Å². The molecule has 0 aliphatic heterocycles. The number of benzene rings is 2. The van der Waals surface area contributed by atoms with E-state index in [2.05, 4.69) is 5.32 Å². The monoisotopic (exact) mass is 531 g/mol. The van der Waals surface area contributed by atoms with Crippen LogP contribution in [0.25, 0.3) is 33.4 Å². The number of hydrogen-bond donors (Lipinski definition) is 1. The highest BCUT2D eigenvalue weighted by Crippen LogP contribution is 2.39. The maximum Gasteiger partial charge on any atom is 0.273 e. The highest BCUT2D eigenvalue weighted by atomic mass is 35.5. The van der Waals surface area contributed by atoms with E-state index in [1.807, 2.05) is 26.0 Å². The Bertz CT molecular complexity index is 1520. The van der Waals surface area contributed by atoms with Gasteiger partial charge in [0.2, 0.25) is 5.91 Å². The van der Waals surface area contributed by atoms with E-state index in [0.717, 1.165) is 5.56 Å². The molecule has 180 valence electrons. The fourth-order valence-electron chi connectivity index (χ4n) is 3.90. The molecule has 2 heterocycles. The number of rotatable bonds is 5. The number of carbonyl (C=O) groups is 1. The molecule has 0 bridgehead atoms. The first kappa shape index (κ1) is 25.2. The van der Waals surface area contributed by atoms with Crippen LogP contribution in [0.5, 0.6) is 0 Å². The van der Waals surface area contributed by atoms with Crippen LogP contribution in [0.4, 0.5) is 10.1 Å². The van der Waals surface area contributed by atoms with Crippen molar-refractivity contribution in [3.63, 3.8) is 0 Å². The third-order valence-electron chi connectivity index (χ3n) is 5.37. The molecule has 35 heavy (non-hydrogen) atoms. The van der Waals surface area contributed by atoms with Crippen LogP contribution in [0.2, 0.25) is 15.1 Å². The summed E-state index contributed by atoms with van der Waals surface area (Å²) in [6.45, 7) is 5.61. The second-order valence-corrected chi connectivity index (χ2v) is 9.79. The Labute approximate surface area is 216 Å². The molecular formula is C26H21Cl3FN3O2. The number of fused-ring (bicyclic) bond motifs is 1. The quantitative estimate of drug-likeness (QED) is 0.290. The van der Waals surface area contributed by atoms with E-state index in [0.29, 0.717) is 39.4 Å². The van der Waals surface area contributed by atoms with Crippen molar-refractivity contribution < 1.29 is 9.18 Å². The average Bonchev–Trinajstić information content (AvgIpc) is 2.79. The highest BCUT2D eigenvalue weighted by Gasteiger charge is 2.22. The van der Waals surface area contributed by atoms with Crippen LogP contribution < -0.4 is 10.9 Å². The first-order valence-corrected chi connectivity index (χ1v) is 12.0. The summed E-state index contributed by atoms with van der Waals surface area (Å²) in [6, 6.07) is 12.9. The average molecular weight is 533 g/mol. The van der Waals surface area contributed by atoms with E-state index in [4.69, 9.17) is 39.8 Å². The summed E-state index contributed by atoms with van der Waals surface area (Å²) >= 11 is 19.0. The van der Waals surface area contributed by atoms with Crippen molar-refractivity contribution >= 4 is 57.4 Å². The third-order valence-corrected chi connectivity index (χ3v) is 6.29. The second-order valence-electron chi connectivity index (χ2n) is 8.57. The van der Waals surface area contributed by atoms with Gasteiger partial charge < -0.3 is 5.32 Å². The predicted octanol–water partition coefficient (Wildman–Crippen LogP) is 7.44. The Kier molecular flexibility index (Phi) is 7.17. The molecule has 1 N–H and O–H groups in total. The Hall–Kier alpha value is -2.93. The molecule has 0 aliphatic rings. The fraction of sp³-hybridized carbons (Fsp3) is 0.192. The molecule has 0 aliphatic carbocycles. The van der Waals surface area contributed by atoms with Crippen molar-refractivity contribution in [1.82, 2.24) is 9.55 Å². The third kappa shape index (κ3) is 5.06. The number of carbonyl (C=O) groups excluding carboxylic acids is 1. The molecule has 0 fully saturated rings. The molecular weight excluding hydrogens is 512 g/mol. The maximum absolute atomic E-state index is 13.8. The highest BCUT2D eigenvalue weighted by molar-refractivity contribution is 6.35. The van der Waals surface area contributed by atoms with Crippen LogP contribution in [0, 0.1) is 11.7 Å².